The molecule has 0 radical (unpaired) electrons. The van der Waals surface area contributed by atoms with E-state index in [1.807, 2.05) is 0 Å². The molecule has 0 amide bonds. The Hall–Kier alpha value is -1.53. The van der Waals surface area contributed by atoms with Crippen molar-refractivity contribution in [3.8, 4) is 6.07 Å². The number of nitriles is 1. The Morgan fingerprint density at radius 1 is 1.46 bits per heavy atom. The number of benzene rings is 1. The predicted octanol–water partition coefficient (Wildman–Crippen LogP) is 1.09. The molecular formula is C10H11N3. The molecule has 0 fully saturated rings. The van der Waals surface area contributed by atoms with Gasteiger partial charge in [0.2, 0.25) is 0 Å². The smallest absolute Gasteiger partial charge is 0.0994 e. The zero-order valence-corrected chi connectivity index (χ0v) is 7.25. The minimum absolute atomic E-state index is 0.0169. The molecule has 1 atom stereocenters. The van der Waals surface area contributed by atoms with Crippen LogP contribution in [0.3, 0.4) is 0 Å². The summed E-state index contributed by atoms with van der Waals surface area (Å²) in [6, 6.07) is 5.72. The second-order valence-corrected chi connectivity index (χ2v) is 3.35. The van der Waals surface area contributed by atoms with Crippen LogP contribution in [-0.2, 0) is 6.42 Å². The molecule has 0 bridgehead atoms. The minimum atomic E-state index is 0.0169. The van der Waals surface area contributed by atoms with Crippen LogP contribution in [-0.4, -0.2) is 0 Å². The third-order valence-electron chi connectivity index (χ3n) is 2.59. The summed E-state index contributed by atoms with van der Waals surface area (Å²) in [5.41, 5.74) is 15.2. The molecule has 3 nitrogen and oxygen atoms in total. The highest BCUT2D eigenvalue weighted by Crippen LogP contribution is 2.35. The van der Waals surface area contributed by atoms with E-state index in [2.05, 4.69) is 6.07 Å². The summed E-state index contributed by atoms with van der Waals surface area (Å²) in [4.78, 5) is 0. The van der Waals surface area contributed by atoms with Gasteiger partial charge in [-0.25, -0.2) is 0 Å². The first-order valence-electron chi connectivity index (χ1n) is 4.31. The molecule has 0 aromatic heterocycles. The fourth-order valence-corrected chi connectivity index (χ4v) is 1.94. The van der Waals surface area contributed by atoms with E-state index < -0.39 is 0 Å². The Bertz CT molecular complexity index is 390. The molecule has 0 saturated carbocycles. The third kappa shape index (κ3) is 1.07. The highest BCUT2D eigenvalue weighted by atomic mass is 14.7. The van der Waals surface area contributed by atoms with Crippen LogP contribution in [0.2, 0.25) is 0 Å². The standard InChI is InChI=1S/C10H11N3/c11-5-6-1-3-8(12)10-7(6)2-4-9(10)13/h1,3,9H,2,4,12-13H2/t9-/m0/s1. The van der Waals surface area contributed by atoms with Gasteiger partial charge in [-0.05, 0) is 36.1 Å². The fourth-order valence-electron chi connectivity index (χ4n) is 1.94. The van der Waals surface area contributed by atoms with E-state index in [9.17, 15) is 0 Å². The average molecular weight is 173 g/mol. The highest BCUT2D eigenvalue weighted by molar-refractivity contribution is 5.60. The van der Waals surface area contributed by atoms with Gasteiger partial charge in [0.15, 0.2) is 0 Å². The van der Waals surface area contributed by atoms with Gasteiger partial charge < -0.3 is 11.5 Å². The molecular weight excluding hydrogens is 162 g/mol. The lowest BCUT2D eigenvalue weighted by molar-refractivity contribution is 0.715. The summed E-state index contributed by atoms with van der Waals surface area (Å²) >= 11 is 0. The average Bonchev–Trinajstić information content (AvgIpc) is 2.50. The molecule has 0 aliphatic heterocycles. The molecule has 0 heterocycles. The monoisotopic (exact) mass is 173 g/mol. The van der Waals surface area contributed by atoms with Crippen molar-refractivity contribution in [2.24, 2.45) is 5.73 Å². The summed E-state index contributed by atoms with van der Waals surface area (Å²) in [5.74, 6) is 0. The number of fused-ring (bicyclic) bond motifs is 1. The second-order valence-electron chi connectivity index (χ2n) is 3.35. The van der Waals surface area contributed by atoms with Gasteiger partial charge in [0.05, 0.1) is 11.6 Å². The van der Waals surface area contributed by atoms with Crippen LogP contribution in [0.25, 0.3) is 0 Å². The summed E-state index contributed by atoms with van der Waals surface area (Å²) in [5, 5.41) is 8.85. The van der Waals surface area contributed by atoms with Crippen LogP contribution < -0.4 is 11.5 Å². The quantitative estimate of drug-likeness (QED) is 0.576. The van der Waals surface area contributed by atoms with Gasteiger partial charge >= 0.3 is 0 Å². The predicted molar refractivity (Wildman–Crippen MR) is 50.8 cm³/mol. The fraction of sp³-hybridized carbons (Fsp3) is 0.300. The molecule has 4 N–H and O–H groups in total. The van der Waals surface area contributed by atoms with Crippen molar-refractivity contribution in [1.29, 1.82) is 5.26 Å². The molecule has 1 aromatic carbocycles. The lowest BCUT2D eigenvalue weighted by atomic mass is 10.0. The minimum Gasteiger partial charge on any atom is -0.398 e. The molecule has 1 aliphatic carbocycles. The molecule has 0 spiro atoms. The molecule has 3 heteroatoms. The first kappa shape index (κ1) is 8.09. The Kier molecular flexibility index (Phi) is 1.71. The molecule has 1 aromatic rings. The van der Waals surface area contributed by atoms with Gasteiger partial charge in [0.25, 0.3) is 0 Å². The number of hydrogen-bond acceptors (Lipinski definition) is 3. The molecule has 66 valence electrons. The van der Waals surface area contributed by atoms with Gasteiger partial charge in [-0.1, -0.05) is 0 Å². The van der Waals surface area contributed by atoms with Crippen molar-refractivity contribution in [1.82, 2.24) is 0 Å². The van der Waals surface area contributed by atoms with Gasteiger partial charge in [0, 0.05) is 11.7 Å². The van der Waals surface area contributed by atoms with Crippen LogP contribution in [0.4, 0.5) is 5.69 Å². The Labute approximate surface area is 77.0 Å². The van der Waals surface area contributed by atoms with E-state index in [-0.39, 0.29) is 6.04 Å². The number of nitrogens with zero attached hydrogens (tertiary/aromatic N) is 1. The lowest BCUT2D eigenvalue weighted by Gasteiger charge is -2.08. The lowest BCUT2D eigenvalue weighted by Crippen LogP contribution is -2.08. The van der Waals surface area contributed by atoms with Crippen molar-refractivity contribution in [3.63, 3.8) is 0 Å². The number of hydrogen-bond donors (Lipinski definition) is 2. The molecule has 2 rings (SSSR count). The molecule has 0 unspecified atom stereocenters. The Balaban J connectivity index is 2.67. The van der Waals surface area contributed by atoms with Gasteiger partial charge in [-0.2, -0.15) is 5.26 Å². The molecule has 0 saturated heterocycles. The van der Waals surface area contributed by atoms with Crippen molar-refractivity contribution in [2.75, 3.05) is 5.73 Å². The van der Waals surface area contributed by atoms with Crippen LogP contribution in [0, 0.1) is 11.3 Å². The first-order valence-corrected chi connectivity index (χ1v) is 4.31. The van der Waals surface area contributed by atoms with Crippen LogP contribution in [0.5, 0.6) is 0 Å². The number of nitrogen functional groups attached to an aromatic ring is 1. The van der Waals surface area contributed by atoms with Gasteiger partial charge in [0.1, 0.15) is 0 Å². The molecule has 1 aliphatic rings. The third-order valence-corrected chi connectivity index (χ3v) is 2.59. The summed E-state index contributed by atoms with van der Waals surface area (Å²) < 4.78 is 0. The Morgan fingerprint density at radius 2 is 2.23 bits per heavy atom. The maximum atomic E-state index is 8.85. The zero-order valence-electron chi connectivity index (χ0n) is 7.25. The Morgan fingerprint density at radius 3 is 2.92 bits per heavy atom. The van der Waals surface area contributed by atoms with E-state index >= 15 is 0 Å². The van der Waals surface area contributed by atoms with Gasteiger partial charge in [-0.15, -0.1) is 0 Å². The number of rotatable bonds is 0. The van der Waals surface area contributed by atoms with Crippen LogP contribution in [0.15, 0.2) is 12.1 Å². The van der Waals surface area contributed by atoms with Crippen LogP contribution in [0.1, 0.15) is 29.2 Å². The van der Waals surface area contributed by atoms with Crippen LogP contribution >= 0.6 is 0 Å². The maximum absolute atomic E-state index is 8.85. The van der Waals surface area contributed by atoms with E-state index in [0.717, 1.165) is 35.2 Å². The summed E-state index contributed by atoms with van der Waals surface area (Å²) in [7, 11) is 0. The van der Waals surface area contributed by atoms with Crippen molar-refractivity contribution in [2.45, 2.75) is 18.9 Å². The van der Waals surface area contributed by atoms with E-state index in [0.29, 0.717) is 0 Å². The van der Waals surface area contributed by atoms with Crippen molar-refractivity contribution < 1.29 is 0 Å². The summed E-state index contributed by atoms with van der Waals surface area (Å²) in [6.07, 6.45) is 1.78. The zero-order chi connectivity index (χ0) is 9.42. The van der Waals surface area contributed by atoms with E-state index in [1.165, 1.54) is 0 Å². The highest BCUT2D eigenvalue weighted by Gasteiger charge is 2.23. The number of nitrogens with two attached hydrogens (primary N) is 2. The second kappa shape index (κ2) is 2.75. The van der Waals surface area contributed by atoms with Crippen molar-refractivity contribution in [3.05, 3.63) is 28.8 Å². The molecule has 13 heavy (non-hydrogen) atoms. The van der Waals surface area contributed by atoms with E-state index in [4.69, 9.17) is 16.7 Å². The SMILES string of the molecule is N#Cc1ccc(N)c2c1CC[C@@H]2N. The van der Waals surface area contributed by atoms with Crippen molar-refractivity contribution >= 4 is 5.69 Å². The topological polar surface area (TPSA) is 75.8 Å². The maximum Gasteiger partial charge on any atom is 0.0994 e. The number of anilines is 1. The van der Waals surface area contributed by atoms with Gasteiger partial charge in [-0.3, -0.25) is 0 Å². The normalized spacial score (nSPS) is 19.5. The summed E-state index contributed by atoms with van der Waals surface area (Å²) in [6.45, 7) is 0. The largest absolute Gasteiger partial charge is 0.398 e. The van der Waals surface area contributed by atoms with E-state index in [1.54, 1.807) is 12.1 Å². The first-order chi connectivity index (χ1) is 6.24.